The molecule has 0 amide bonds. The van der Waals surface area contributed by atoms with Gasteiger partial charge in [0.05, 0.1) is 21.5 Å². The Morgan fingerprint density at radius 3 is 2.65 bits per heavy atom. The summed E-state index contributed by atoms with van der Waals surface area (Å²) in [6.07, 6.45) is 0. The zero-order valence-corrected chi connectivity index (χ0v) is 13.2. The first-order valence-electron chi connectivity index (χ1n) is 6.35. The predicted molar refractivity (Wildman–Crippen MR) is 83.2 cm³/mol. The van der Waals surface area contributed by atoms with Crippen LogP contribution in [0.2, 0.25) is 10.0 Å². The molecule has 2 N–H and O–H groups in total. The normalized spacial score (nSPS) is 17.1. The van der Waals surface area contributed by atoms with E-state index in [-0.39, 0.29) is 10.8 Å². The van der Waals surface area contributed by atoms with Crippen molar-refractivity contribution in [3.05, 3.63) is 28.2 Å². The molecule has 1 saturated heterocycles. The van der Waals surface area contributed by atoms with Crippen molar-refractivity contribution in [1.82, 2.24) is 10.2 Å². The highest BCUT2D eigenvalue weighted by Crippen LogP contribution is 2.30. The molecular formula is C12H17Cl2N3O2S. The summed E-state index contributed by atoms with van der Waals surface area (Å²) in [7, 11) is -3.43. The molecule has 0 saturated carbocycles. The predicted octanol–water partition coefficient (Wildman–Crippen LogP) is 1.64. The summed E-state index contributed by atoms with van der Waals surface area (Å²) in [4.78, 5) is 2.12. The van der Waals surface area contributed by atoms with Crippen LogP contribution in [-0.2, 0) is 10.0 Å². The minimum atomic E-state index is -3.43. The van der Waals surface area contributed by atoms with Crippen molar-refractivity contribution in [2.24, 2.45) is 0 Å². The van der Waals surface area contributed by atoms with Gasteiger partial charge in [-0.3, -0.25) is 9.62 Å². The van der Waals surface area contributed by atoms with E-state index in [1.165, 1.54) is 0 Å². The molecule has 8 heteroatoms. The van der Waals surface area contributed by atoms with Crippen molar-refractivity contribution in [1.29, 1.82) is 0 Å². The van der Waals surface area contributed by atoms with Crippen molar-refractivity contribution < 1.29 is 8.42 Å². The Hall–Kier alpha value is -0.530. The first-order chi connectivity index (χ1) is 9.48. The van der Waals surface area contributed by atoms with E-state index in [9.17, 15) is 8.42 Å². The molecule has 0 spiro atoms. The van der Waals surface area contributed by atoms with Gasteiger partial charge >= 0.3 is 0 Å². The van der Waals surface area contributed by atoms with Crippen LogP contribution in [0.1, 0.15) is 0 Å². The molecule has 20 heavy (non-hydrogen) atoms. The Morgan fingerprint density at radius 2 is 1.95 bits per heavy atom. The summed E-state index contributed by atoms with van der Waals surface area (Å²) in [6.45, 7) is 4.04. The lowest BCUT2D eigenvalue weighted by Gasteiger charge is -2.26. The molecule has 0 atom stereocenters. The smallest absolute Gasteiger partial charge is 0.234 e. The summed E-state index contributed by atoms with van der Waals surface area (Å²) in [5.74, 6) is 0.0375. The summed E-state index contributed by atoms with van der Waals surface area (Å²) in [5.41, 5.74) is 0.319. The van der Waals surface area contributed by atoms with E-state index < -0.39 is 10.0 Å². The molecule has 0 aliphatic carbocycles. The molecule has 112 valence electrons. The molecule has 0 radical (unpaired) electrons. The van der Waals surface area contributed by atoms with Crippen molar-refractivity contribution in [2.75, 3.05) is 43.2 Å². The van der Waals surface area contributed by atoms with Crippen molar-refractivity contribution in [2.45, 2.75) is 0 Å². The zero-order chi connectivity index (χ0) is 14.6. The van der Waals surface area contributed by atoms with Gasteiger partial charge in [-0.1, -0.05) is 29.3 Å². The van der Waals surface area contributed by atoms with E-state index in [0.717, 1.165) is 26.2 Å². The van der Waals surface area contributed by atoms with Crippen molar-refractivity contribution in [3.8, 4) is 0 Å². The molecule has 2 rings (SSSR count). The van der Waals surface area contributed by atoms with E-state index >= 15 is 0 Å². The molecule has 5 nitrogen and oxygen atoms in total. The highest BCUT2D eigenvalue weighted by molar-refractivity contribution is 7.92. The van der Waals surface area contributed by atoms with Gasteiger partial charge in [0, 0.05) is 32.7 Å². The van der Waals surface area contributed by atoms with Crippen LogP contribution in [0.25, 0.3) is 0 Å². The largest absolute Gasteiger partial charge is 0.314 e. The Kier molecular flexibility index (Phi) is 5.51. The quantitative estimate of drug-likeness (QED) is 0.857. The first kappa shape index (κ1) is 15.9. The second kappa shape index (κ2) is 6.95. The van der Waals surface area contributed by atoms with Crippen molar-refractivity contribution in [3.63, 3.8) is 0 Å². The Morgan fingerprint density at radius 1 is 1.25 bits per heavy atom. The lowest BCUT2D eigenvalue weighted by molar-refractivity contribution is 0.254. The average Bonchev–Trinajstić information content (AvgIpc) is 2.43. The van der Waals surface area contributed by atoms with Crippen LogP contribution in [0, 0.1) is 0 Å². The number of hydrogen-bond acceptors (Lipinski definition) is 4. The van der Waals surface area contributed by atoms with Gasteiger partial charge in [0.2, 0.25) is 10.0 Å². The molecular weight excluding hydrogens is 321 g/mol. The Labute approximate surface area is 129 Å². The zero-order valence-electron chi connectivity index (χ0n) is 10.9. The minimum Gasteiger partial charge on any atom is -0.314 e. The van der Waals surface area contributed by atoms with Gasteiger partial charge in [0.15, 0.2) is 0 Å². The highest BCUT2D eigenvalue weighted by Gasteiger charge is 2.17. The second-order valence-corrected chi connectivity index (χ2v) is 7.24. The number of piperazine rings is 1. The first-order valence-corrected chi connectivity index (χ1v) is 8.76. The molecule has 1 aromatic carbocycles. The van der Waals surface area contributed by atoms with Crippen LogP contribution in [-0.4, -0.2) is 51.8 Å². The number of benzene rings is 1. The lowest BCUT2D eigenvalue weighted by atomic mass is 10.3. The summed E-state index contributed by atoms with van der Waals surface area (Å²) < 4.78 is 26.6. The average molecular weight is 338 g/mol. The molecule has 1 heterocycles. The Bertz CT molecular complexity index is 560. The van der Waals surface area contributed by atoms with Gasteiger partial charge in [-0.05, 0) is 12.1 Å². The number of anilines is 1. The maximum absolute atomic E-state index is 12.1. The minimum absolute atomic E-state index is 0.0375. The van der Waals surface area contributed by atoms with E-state index in [1.54, 1.807) is 18.2 Å². The highest BCUT2D eigenvalue weighted by atomic mass is 35.5. The number of rotatable bonds is 5. The van der Waals surface area contributed by atoms with Gasteiger partial charge in [0.25, 0.3) is 0 Å². The fourth-order valence-corrected chi connectivity index (χ4v) is 3.49. The van der Waals surface area contributed by atoms with Crippen LogP contribution in [0.3, 0.4) is 0 Å². The van der Waals surface area contributed by atoms with E-state index in [2.05, 4.69) is 14.9 Å². The molecule has 0 bridgehead atoms. The molecule has 1 aliphatic rings. The maximum Gasteiger partial charge on any atom is 0.234 e. The maximum atomic E-state index is 12.1. The third-order valence-corrected chi connectivity index (χ3v) is 5.17. The van der Waals surface area contributed by atoms with Gasteiger partial charge in [0.1, 0.15) is 0 Å². The standard InChI is InChI=1S/C12H17Cl2N3O2S/c13-10-2-1-3-11(12(10)14)16-20(18,19)9-8-17-6-4-15-5-7-17/h1-3,15-16H,4-9H2. The fourth-order valence-electron chi connectivity index (χ4n) is 1.99. The lowest BCUT2D eigenvalue weighted by Crippen LogP contribution is -2.45. The molecule has 1 aromatic rings. The van der Waals surface area contributed by atoms with Crippen LogP contribution in [0.15, 0.2) is 18.2 Å². The topological polar surface area (TPSA) is 61.4 Å². The van der Waals surface area contributed by atoms with Crippen molar-refractivity contribution >= 4 is 38.9 Å². The van der Waals surface area contributed by atoms with Crippen LogP contribution in [0.5, 0.6) is 0 Å². The third kappa shape index (κ3) is 4.49. The molecule has 0 unspecified atom stereocenters. The monoisotopic (exact) mass is 337 g/mol. The van der Waals surface area contributed by atoms with Crippen LogP contribution < -0.4 is 10.0 Å². The molecule has 0 aromatic heterocycles. The second-order valence-electron chi connectivity index (χ2n) is 4.61. The van der Waals surface area contributed by atoms with Crippen LogP contribution >= 0.6 is 23.2 Å². The van der Waals surface area contributed by atoms with Gasteiger partial charge < -0.3 is 5.32 Å². The summed E-state index contributed by atoms with van der Waals surface area (Å²) >= 11 is 11.8. The number of nitrogens with one attached hydrogen (secondary N) is 2. The SMILES string of the molecule is O=S(=O)(CCN1CCNCC1)Nc1cccc(Cl)c1Cl. The van der Waals surface area contributed by atoms with Gasteiger partial charge in [-0.2, -0.15) is 0 Å². The number of halogens is 2. The van der Waals surface area contributed by atoms with E-state index in [1.807, 2.05) is 0 Å². The molecule has 1 fully saturated rings. The number of hydrogen-bond donors (Lipinski definition) is 2. The third-order valence-electron chi connectivity index (χ3n) is 3.10. The van der Waals surface area contributed by atoms with Gasteiger partial charge in [-0.25, -0.2) is 8.42 Å². The number of nitrogens with zero attached hydrogens (tertiary/aromatic N) is 1. The Balaban J connectivity index is 1.94. The summed E-state index contributed by atoms with van der Waals surface area (Å²) in [5, 5.41) is 3.78. The molecule has 1 aliphatic heterocycles. The van der Waals surface area contributed by atoms with Gasteiger partial charge in [-0.15, -0.1) is 0 Å². The van der Waals surface area contributed by atoms with E-state index in [4.69, 9.17) is 23.2 Å². The fraction of sp³-hybridized carbons (Fsp3) is 0.500. The van der Waals surface area contributed by atoms with Crippen LogP contribution in [0.4, 0.5) is 5.69 Å². The summed E-state index contributed by atoms with van der Waals surface area (Å²) in [6, 6.07) is 4.86. The number of sulfonamides is 1. The van der Waals surface area contributed by atoms with E-state index in [0.29, 0.717) is 17.3 Å².